The summed E-state index contributed by atoms with van der Waals surface area (Å²) < 4.78 is 0. The van der Waals surface area contributed by atoms with Crippen LogP contribution >= 0.6 is 0 Å². The third-order valence-electron chi connectivity index (χ3n) is 5.71. The molecule has 2 heterocycles. The van der Waals surface area contributed by atoms with E-state index >= 15 is 0 Å². The third kappa shape index (κ3) is 5.02. The van der Waals surface area contributed by atoms with Gasteiger partial charge in [-0.3, -0.25) is 4.90 Å². The lowest BCUT2D eigenvalue weighted by molar-refractivity contribution is 0.198. The summed E-state index contributed by atoms with van der Waals surface area (Å²) in [5, 5.41) is 0. The standard InChI is InChI=1S/C23H35N5/c1-23(2,3)19-11-9-18(10-12-19)15-28-13-7-8-20(16-28)27(6)22-14-21(26(4)5)24-17-25-22/h9-12,14,17,20H,7-8,13,15-16H2,1-6H3. The lowest BCUT2D eigenvalue weighted by atomic mass is 9.86. The average molecular weight is 382 g/mol. The van der Waals surface area contributed by atoms with Crippen molar-refractivity contribution in [1.29, 1.82) is 0 Å². The van der Waals surface area contributed by atoms with Gasteiger partial charge in [0.05, 0.1) is 0 Å². The van der Waals surface area contributed by atoms with Crippen LogP contribution in [0.25, 0.3) is 0 Å². The van der Waals surface area contributed by atoms with Gasteiger partial charge in [0.2, 0.25) is 0 Å². The molecule has 0 saturated carbocycles. The van der Waals surface area contributed by atoms with Gasteiger partial charge in [-0.2, -0.15) is 0 Å². The molecule has 0 bridgehead atoms. The fourth-order valence-corrected chi connectivity index (χ4v) is 3.82. The predicted octanol–water partition coefficient (Wildman–Crippen LogP) is 3.94. The van der Waals surface area contributed by atoms with Gasteiger partial charge >= 0.3 is 0 Å². The predicted molar refractivity (Wildman–Crippen MR) is 118 cm³/mol. The van der Waals surface area contributed by atoms with E-state index in [2.05, 4.69) is 77.9 Å². The second-order valence-corrected chi connectivity index (χ2v) is 9.22. The van der Waals surface area contributed by atoms with Crippen LogP contribution in [0.15, 0.2) is 36.7 Å². The van der Waals surface area contributed by atoms with Crippen LogP contribution in [0, 0.1) is 0 Å². The highest BCUT2D eigenvalue weighted by molar-refractivity contribution is 5.49. The number of aromatic nitrogens is 2. The SMILES string of the molecule is CN(C)c1cc(N(C)C2CCCN(Cc3ccc(C(C)(C)C)cc3)C2)ncn1. The summed E-state index contributed by atoms with van der Waals surface area (Å²) in [4.78, 5) is 15.8. The smallest absolute Gasteiger partial charge is 0.134 e. The number of hydrogen-bond acceptors (Lipinski definition) is 5. The minimum absolute atomic E-state index is 0.209. The molecule has 5 nitrogen and oxygen atoms in total. The van der Waals surface area contributed by atoms with E-state index in [9.17, 15) is 0 Å². The Bertz CT molecular complexity index is 763. The first-order valence-corrected chi connectivity index (χ1v) is 10.3. The first-order valence-electron chi connectivity index (χ1n) is 10.3. The van der Waals surface area contributed by atoms with Crippen molar-refractivity contribution in [2.45, 2.75) is 51.6 Å². The molecular formula is C23H35N5. The van der Waals surface area contributed by atoms with Crippen LogP contribution in [0.1, 0.15) is 44.7 Å². The Hall–Kier alpha value is -2.14. The molecule has 0 aliphatic carbocycles. The van der Waals surface area contributed by atoms with Crippen LogP contribution in [-0.4, -0.2) is 55.1 Å². The molecule has 1 unspecified atom stereocenters. The monoisotopic (exact) mass is 381 g/mol. The van der Waals surface area contributed by atoms with Crippen molar-refractivity contribution in [2.75, 3.05) is 44.0 Å². The zero-order valence-corrected chi connectivity index (χ0v) is 18.3. The lowest BCUT2D eigenvalue weighted by Crippen LogP contribution is -2.46. The van der Waals surface area contributed by atoms with Crippen molar-refractivity contribution in [3.63, 3.8) is 0 Å². The molecule has 1 aromatic carbocycles. The number of hydrogen-bond donors (Lipinski definition) is 0. The summed E-state index contributed by atoms with van der Waals surface area (Å²) in [5.41, 5.74) is 3.00. The summed E-state index contributed by atoms with van der Waals surface area (Å²) in [7, 11) is 6.19. The number of likely N-dealkylation sites (tertiary alicyclic amines) is 1. The minimum atomic E-state index is 0.209. The first-order chi connectivity index (χ1) is 13.2. The Balaban J connectivity index is 1.64. The molecule has 0 radical (unpaired) electrons. The van der Waals surface area contributed by atoms with Crippen molar-refractivity contribution in [3.05, 3.63) is 47.8 Å². The van der Waals surface area contributed by atoms with E-state index in [1.54, 1.807) is 6.33 Å². The zero-order valence-electron chi connectivity index (χ0n) is 18.3. The van der Waals surface area contributed by atoms with Crippen LogP contribution < -0.4 is 9.80 Å². The molecule has 1 atom stereocenters. The maximum absolute atomic E-state index is 4.51. The molecule has 2 aromatic rings. The van der Waals surface area contributed by atoms with E-state index in [1.165, 1.54) is 24.0 Å². The highest BCUT2D eigenvalue weighted by Gasteiger charge is 2.24. The van der Waals surface area contributed by atoms with Gasteiger partial charge in [-0.25, -0.2) is 9.97 Å². The van der Waals surface area contributed by atoms with Crippen molar-refractivity contribution < 1.29 is 0 Å². The number of anilines is 2. The molecule has 1 aliphatic rings. The summed E-state index contributed by atoms with van der Waals surface area (Å²) in [6, 6.07) is 11.7. The summed E-state index contributed by atoms with van der Waals surface area (Å²) in [6.07, 6.45) is 4.09. The fraction of sp³-hybridized carbons (Fsp3) is 0.565. The van der Waals surface area contributed by atoms with Crippen LogP contribution in [0.4, 0.5) is 11.6 Å². The number of piperidine rings is 1. The number of rotatable bonds is 5. The summed E-state index contributed by atoms with van der Waals surface area (Å²) in [6.45, 7) is 10.0. The highest BCUT2D eigenvalue weighted by Crippen LogP contribution is 2.25. The molecule has 1 saturated heterocycles. The van der Waals surface area contributed by atoms with E-state index in [-0.39, 0.29) is 5.41 Å². The highest BCUT2D eigenvalue weighted by atomic mass is 15.3. The van der Waals surface area contributed by atoms with Gasteiger partial charge in [0.15, 0.2) is 0 Å². The molecule has 0 amide bonds. The molecule has 3 rings (SSSR count). The maximum Gasteiger partial charge on any atom is 0.134 e. The molecule has 0 N–H and O–H groups in total. The number of benzene rings is 1. The van der Waals surface area contributed by atoms with Gasteiger partial charge in [0.1, 0.15) is 18.0 Å². The summed E-state index contributed by atoms with van der Waals surface area (Å²) >= 11 is 0. The van der Waals surface area contributed by atoms with E-state index in [0.717, 1.165) is 31.3 Å². The van der Waals surface area contributed by atoms with E-state index < -0.39 is 0 Å². The molecule has 1 aliphatic heterocycles. The summed E-state index contributed by atoms with van der Waals surface area (Å²) in [5.74, 6) is 1.95. The largest absolute Gasteiger partial charge is 0.363 e. The molecule has 5 heteroatoms. The zero-order chi connectivity index (χ0) is 20.3. The first kappa shape index (κ1) is 20.6. The van der Waals surface area contributed by atoms with Crippen molar-refractivity contribution >= 4 is 11.6 Å². The van der Waals surface area contributed by atoms with Crippen molar-refractivity contribution in [3.8, 4) is 0 Å². The van der Waals surface area contributed by atoms with E-state index in [1.807, 2.05) is 19.0 Å². The lowest BCUT2D eigenvalue weighted by Gasteiger charge is -2.38. The van der Waals surface area contributed by atoms with Crippen LogP contribution in [0.5, 0.6) is 0 Å². The molecule has 1 aromatic heterocycles. The number of likely N-dealkylation sites (N-methyl/N-ethyl adjacent to an activating group) is 1. The Morgan fingerprint density at radius 1 is 1.04 bits per heavy atom. The Morgan fingerprint density at radius 2 is 1.71 bits per heavy atom. The quantitative estimate of drug-likeness (QED) is 0.784. The molecular weight excluding hydrogens is 346 g/mol. The molecule has 152 valence electrons. The van der Waals surface area contributed by atoms with Gasteiger partial charge < -0.3 is 9.80 Å². The Labute approximate surface area is 170 Å². The Kier molecular flexibility index (Phi) is 6.23. The van der Waals surface area contributed by atoms with Crippen LogP contribution in [-0.2, 0) is 12.0 Å². The molecule has 1 fully saturated rings. The maximum atomic E-state index is 4.51. The second kappa shape index (κ2) is 8.48. The van der Waals surface area contributed by atoms with Crippen LogP contribution in [0.3, 0.4) is 0 Å². The van der Waals surface area contributed by atoms with E-state index in [4.69, 9.17) is 0 Å². The Morgan fingerprint density at radius 3 is 2.36 bits per heavy atom. The minimum Gasteiger partial charge on any atom is -0.363 e. The van der Waals surface area contributed by atoms with Crippen LogP contribution in [0.2, 0.25) is 0 Å². The topological polar surface area (TPSA) is 35.5 Å². The van der Waals surface area contributed by atoms with Gasteiger partial charge in [0, 0.05) is 46.3 Å². The number of nitrogens with zero attached hydrogens (tertiary/aromatic N) is 5. The normalized spacial score (nSPS) is 18.1. The van der Waals surface area contributed by atoms with Crippen molar-refractivity contribution in [1.82, 2.24) is 14.9 Å². The second-order valence-electron chi connectivity index (χ2n) is 9.22. The average Bonchev–Trinajstić information content (AvgIpc) is 2.67. The van der Waals surface area contributed by atoms with E-state index in [0.29, 0.717) is 6.04 Å². The van der Waals surface area contributed by atoms with Gasteiger partial charge in [0.25, 0.3) is 0 Å². The van der Waals surface area contributed by atoms with Crippen molar-refractivity contribution in [2.24, 2.45) is 0 Å². The van der Waals surface area contributed by atoms with Gasteiger partial charge in [-0.1, -0.05) is 45.0 Å². The third-order valence-corrected chi connectivity index (χ3v) is 5.71. The fourth-order valence-electron chi connectivity index (χ4n) is 3.82. The molecule has 0 spiro atoms. The van der Waals surface area contributed by atoms with Gasteiger partial charge in [-0.15, -0.1) is 0 Å². The van der Waals surface area contributed by atoms with Gasteiger partial charge in [-0.05, 0) is 35.9 Å². The molecule has 28 heavy (non-hydrogen) atoms.